The highest BCUT2D eigenvalue weighted by Crippen LogP contribution is 2.45. The van der Waals surface area contributed by atoms with E-state index in [-0.39, 0.29) is 40.7 Å². The predicted octanol–water partition coefficient (Wildman–Crippen LogP) is 6.60. The molecule has 0 amide bonds. The van der Waals surface area contributed by atoms with E-state index in [1.54, 1.807) is 19.1 Å². The molecule has 0 saturated carbocycles. The van der Waals surface area contributed by atoms with E-state index in [4.69, 9.17) is 13.7 Å². The third-order valence-electron chi connectivity index (χ3n) is 7.36. The van der Waals surface area contributed by atoms with Crippen molar-refractivity contribution in [1.29, 1.82) is 0 Å². The van der Waals surface area contributed by atoms with Gasteiger partial charge in [0.1, 0.15) is 35.2 Å². The summed E-state index contributed by atoms with van der Waals surface area (Å²) in [5.74, 6) is -2.33. The second-order valence-corrected chi connectivity index (χ2v) is 12.0. The number of carbonyl (C=O) groups is 2. The van der Waals surface area contributed by atoms with Crippen molar-refractivity contribution in [3.05, 3.63) is 158 Å². The van der Waals surface area contributed by atoms with Gasteiger partial charge in [0.25, 0.3) is 5.69 Å². The molecule has 1 aliphatic rings. The third kappa shape index (κ3) is 5.83. The summed E-state index contributed by atoms with van der Waals surface area (Å²) >= 11 is 0. The number of fused-ring (bicyclic) bond motifs is 2. The lowest BCUT2D eigenvalue weighted by atomic mass is 9.81. The van der Waals surface area contributed by atoms with Crippen LogP contribution in [0.5, 0.6) is 17.2 Å². The Kier molecular flexibility index (Phi) is 8.08. The zero-order valence-electron chi connectivity index (χ0n) is 24.3. The van der Waals surface area contributed by atoms with Gasteiger partial charge in [0.2, 0.25) is 11.6 Å². The topological polar surface area (TPSA) is 139 Å². The van der Waals surface area contributed by atoms with Gasteiger partial charge in [-0.15, -0.1) is 0 Å². The van der Waals surface area contributed by atoms with Crippen molar-refractivity contribution in [2.45, 2.75) is 25.0 Å². The molecule has 5 aromatic rings. The lowest BCUT2D eigenvalue weighted by molar-refractivity contribution is -0.385. The van der Waals surface area contributed by atoms with E-state index >= 15 is 0 Å². The molecule has 1 aliphatic carbocycles. The van der Waals surface area contributed by atoms with E-state index < -0.39 is 49.2 Å². The van der Waals surface area contributed by atoms with E-state index in [9.17, 15) is 28.1 Å². The standard InChI is InChI=1S/C35H25NO9S/c1-22-12-14-25(15-13-22)46(41,42)45-29-17-16-26(36(39)40)30-33(29)35(38)32-28(44-21-24-10-6-3-7-11-24)19-18-27(31(32)34(30)37)43-20-23-8-4-2-5-9-23/h2-19H,20-21H2,1H3. The van der Waals surface area contributed by atoms with Crippen molar-refractivity contribution in [3.63, 3.8) is 0 Å². The Balaban J connectivity index is 1.49. The molecule has 0 radical (unpaired) electrons. The van der Waals surface area contributed by atoms with Crippen molar-refractivity contribution in [1.82, 2.24) is 0 Å². The second kappa shape index (κ2) is 12.3. The van der Waals surface area contributed by atoms with Crippen LogP contribution in [-0.2, 0) is 23.3 Å². The maximum atomic E-state index is 14.4. The Hall–Kier alpha value is -5.81. The summed E-state index contributed by atoms with van der Waals surface area (Å²) in [5, 5.41) is 12.1. The Bertz CT molecular complexity index is 2090. The lowest BCUT2D eigenvalue weighted by Crippen LogP contribution is -2.26. The summed E-state index contributed by atoms with van der Waals surface area (Å²) in [5.41, 5.74) is 0.0351. The highest BCUT2D eigenvalue weighted by Gasteiger charge is 2.43. The molecule has 0 N–H and O–H groups in total. The van der Waals surface area contributed by atoms with Gasteiger partial charge in [-0.1, -0.05) is 78.4 Å². The highest BCUT2D eigenvalue weighted by atomic mass is 32.2. The van der Waals surface area contributed by atoms with Gasteiger partial charge in [-0.05, 0) is 48.4 Å². The summed E-state index contributed by atoms with van der Waals surface area (Å²) < 4.78 is 43.9. The average molecular weight is 636 g/mol. The van der Waals surface area contributed by atoms with Crippen molar-refractivity contribution in [3.8, 4) is 17.2 Å². The van der Waals surface area contributed by atoms with Gasteiger partial charge in [-0.3, -0.25) is 19.7 Å². The van der Waals surface area contributed by atoms with Crippen molar-refractivity contribution >= 4 is 27.4 Å². The normalized spacial score (nSPS) is 12.2. The summed E-state index contributed by atoms with van der Waals surface area (Å²) in [6, 6.07) is 28.9. The Morgan fingerprint density at radius 2 is 1.07 bits per heavy atom. The largest absolute Gasteiger partial charge is 0.488 e. The van der Waals surface area contributed by atoms with Gasteiger partial charge in [0.15, 0.2) is 5.75 Å². The van der Waals surface area contributed by atoms with E-state index in [1.165, 1.54) is 24.3 Å². The molecule has 0 fully saturated rings. The van der Waals surface area contributed by atoms with Crippen LogP contribution < -0.4 is 13.7 Å². The van der Waals surface area contributed by atoms with E-state index in [0.717, 1.165) is 28.8 Å². The Labute approximate surface area is 264 Å². The summed E-state index contributed by atoms with van der Waals surface area (Å²) in [4.78, 5) is 39.8. The number of aryl methyl sites for hydroxylation is 1. The molecule has 6 rings (SSSR count). The first-order chi connectivity index (χ1) is 22.1. The molecule has 0 spiro atoms. The molecule has 0 bridgehead atoms. The van der Waals surface area contributed by atoms with E-state index in [1.807, 2.05) is 60.7 Å². The number of benzene rings is 5. The van der Waals surface area contributed by atoms with E-state index in [2.05, 4.69) is 0 Å². The van der Waals surface area contributed by atoms with Crippen LogP contribution in [0, 0.1) is 17.0 Å². The molecule has 0 unspecified atom stereocenters. The van der Waals surface area contributed by atoms with Crippen LogP contribution >= 0.6 is 0 Å². The second-order valence-electron chi connectivity index (χ2n) is 10.5. The zero-order valence-corrected chi connectivity index (χ0v) is 25.2. The maximum absolute atomic E-state index is 14.4. The van der Waals surface area contributed by atoms with Crippen LogP contribution in [0.1, 0.15) is 48.5 Å². The summed E-state index contributed by atoms with van der Waals surface area (Å²) in [6.45, 7) is 1.85. The smallest absolute Gasteiger partial charge is 0.339 e. The molecular formula is C35H25NO9S. The van der Waals surface area contributed by atoms with Crippen LogP contribution in [-0.4, -0.2) is 24.9 Å². The quantitative estimate of drug-likeness (QED) is 0.0925. The van der Waals surface area contributed by atoms with Gasteiger partial charge in [-0.2, -0.15) is 8.42 Å². The number of ether oxygens (including phenoxy) is 2. The number of nitro benzene ring substituents is 1. The number of nitrogens with zero attached hydrogens (tertiary/aromatic N) is 1. The number of carbonyl (C=O) groups excluding carboxylic acids is 2. The molecule has 0 saturated heterocycles. The summed E-state index contributed by atoms with van der Waals surface area (Å²) in [7, 11) is -4.51. The summed E-state index contributed by atoms with van der Waals surface area (Å²) in [6.07, 6.45) is 0. The zero-order chi connectivity index (χ0) is 32.4. The molecule has 0 aromatic heterocycles. The molecule has 5 aromatic carbocycles. The minimum Gasteiger partial charge on any atom is -0.488 e. The van der Waals surface area contributed by atoms with Crippen LogP contribution in [0.15, 0.2) is 114 Å². The molecule has 10 nitrogen and oxygen atoms in total. The first-order valence-corrected chi connectivity index (χ1v) is 15.5. The Morgan fingerprint density at radius 1 is 0.609 bits per heavy atom. The number of ketones is 2. The van der Waals surface area contributed by atoms with Crippen LogP contribution in [0.25, 0.3) is 0 Å². The number of rotatable bonds is 10. The lowest BCUT2D eigenvalue weighted by Gasteiger charge is -2.24. The molecular weight excluding hydrogens is 610 g/mol. The monoisotopic (exact) mass is 635 g/mol. The van der Waals surface area contributed by atoms with Crippen molar-refractivity contribution in [2.75, 3.05) is 0 Å². The first kappa shape index (κ1) is 30.2. The SMILES string of the molecule is Cc1ccc(S(=O)(=O)Oc2ccc([N+](=O)[O-])c3c2C(=O)c2c(OCc4ccccc4)ccc(OCc4ccccc4)c2C3=O)cc1. The molecule has 230 valence electrons. The minimum absolute atomic E-state index is 0.00260. The fraction of sp³-hybridized carbons (Fsp3) is 0.0857. The molecule has 0 atom stereocenters. The highest BCUT2D eigenvalue weighted by molar-refractivity contribution is 7.87. The number of hydrogen-bond acceptors (Lipinski definition) is 9. The fourth-order valence-corrected chi connectivity index (χ4v) is 6.04. The van der Waals surface area contributed by atoms with Crippen LogP contribution in [0.2, 0.25) is 0 Å². The van der Waals surface area contributed by atoms with Gasteiger partial charge >= 0.3 is 10.1 Å². The predicted molar refractivity (Wildman–Crippen MR) is 167 cm³/mol. The Morgan fingerprint density at radius 3 is 1.57 bits per heavy atom. The van der Waals surface area contributed by atoms with Gasteiger partial charge in [0.05, 0.1) is 21.6 Å². The van der Waals surface area contributed by atoms with Gasteiger partial charge < -0.3 is 13.7 Å². The molecule has 11 heteroatoms. The fourth-order valence-electron chi connectivity index (χ4n) is 5.10. The molecule has 0 aliphatic heterocycles. The van der Waals surface area contributed by atoms with Crippen molar-refractivity contribution < 1.29 is 36.6 Å². The number of hydrogen-bond donors (Lipinski definition) is 0. The first-order valence-electron chi connectivity index (χ1n) is 14.1. The van der Waals surface area contributed by atoms with E-state index in [0.29, 0.717) is 0 Å². The maximum Gasteiger partial charge on any atom is 0.339 e. The molecule has 0 heterocycles. The average Bonchev–Trinajstić information content (AvgIpc) is 3.06. The third-order valence-corrected chi connectivity index (χ3v) is 8.61. The van der Waals surface area contributed by atoms with Crippen LogP contribution in [0.4, 0.5) is 5.69 Å². The number of nitro groups is 1. The van der Waals surface area contributed by atoms with Gasteiger partial charge in [0, 0.05) is 6.07 Å². The van der Waals surface area contributed by atoms with Crippen molar-refractivity contribution in [2.24, 2.45) is 0 Å². The van der Waals surface area contributed by atoms with Crippen LogP contribution in [0.3, 0.4) is 0 Å². The van der Waals surface area contributed by atoms with Gasteiger partial charge in [-0.25, -0.2) is 0 Å². The minimum atomic E-state index is -4.51. The molecule has 46 heavy (non-hydrogen) atoms.